The molecule has 1 aromatic heterocycles. The molecule has 9 aromatic carbocycles. The molecule has 0 aliphatic heterocycles. The molecule has 10 aromatic rings. The minimum Gasteiger partial charge on any atom is -0.310 e. The molecule has 0 N–H and O–H groups in total. The summed E-state index contributed by atoms with van der Waals surface area (Å²) in [5, 5.41) is 2.64. The first-order valence-corrected chi connectivity index (χ1v) is 22.6. The van der Waals surface area contributed by atoms with Crippen molar-refractivity contribution in [1.29, 1.82) is 0 Å². The zero-order valence-electron chi connectivity index (χ0n) is 35.4. The van der Waals surface area contributed by atoms with E-state index in [4.69, 9.17) is 0 Å². The van der Waals surface area contributed by atoms with Crippen LogP contribution in [-0.4, -0.2) is 0 Å². The molecule has 2 aliphatic rings. The van der Waals surface area contributed by atoms with Gasteiger partial charge in [-0.15, -0.1) is 11.3 Å². The highest BCUT2D eigenvalue weighted by Gasteiger charge is 2.39. The number of nitrogens with zero attached hydrogens (tertiary/aromatic N) is 1. The van der Waals surface area contributed by atoms with Crippen LogP contribution >= 0.6 is 11.3 Å². The van der Waals surface area contributed by atoms with Gasteiger partial charge < -0.3 is 4.90 Å². The maximum Gasteiger partial charge on any atom is 0.0540 e. The topological polar surface area (TPSA) is 3.24 Å². The van der Waals surface area contributed by atoms with Crippen LogP contribution in [0.3, 0.4) is 0 Å². The predicted octanol–water partition coefficient (Wildman–Crippen LogP) is 17.1. The van der Waals surface area contributed by atoms with E-state index < -0.39 is 0 Å². The van der Waals surface area contributed by atoms with Crippen molar-refractivity contribution >= 4 is 48.6 Å². The fourth-order valence-electron chi connectivity index (χ4n) is 10.9. The summed E-state index contributed by atoms with van der Waals surface area (Å²) in [7, 11) is 0. The Morgan fingerprint density at radius 1 is 0.355 bits per heavy atom. The molecular formula is C60H45NS. The minimum absolute atomic E-state index is 0.0413. The lowest BCUT2D eigenvalue weighted by molar-refractivity contribution is 0.660. The molecule has 0 saturated carbocycles. The van der Waals surface area contributed by atoms with Gasteiger partial charge in [0.15, 0.2) is 0 Å². The summed E-state index contributed by atoms with van der Waals surface area (Å²) in [6, 6.07) is 74.8. The maximum absolute atomic E-state index is 2.53. The van der Waals surface area contributed by atoms with Gasteiger partial charge in [-0.25, -0.2) is 0 Å². The van der Waals surface area contributed by atoms with E-state index in [1.165, 1.54) is 104 Å². The second-order valence-corrected chi connectivity index (χ2v) is 19.1. The zero-order valence-corrected chi connectivity index (χ0v) is 36.2. The van der Waals surface area contributed by atoms with Crippen LogP contribution in [0.1, 0.15) is 49.9 Å². The molecular weight excluding hydrogens is 767 g/mol. The first kappa shape index (κ1) is 36.8. The van der Waals surface area contributed by atoms with Gasteiger partial charge in [0.05, 0.1) is 11.4 Å². The van der Waals surface area contributed by atoms with Gasteiger partial charge in [-0.3, -0.25) is 0 Å². The number of hydrogen-bond acceptors (Lipinski definition) is 2. The molecule has 0 unspecified atom stereocenters. The van der Waals surface area contributed by atoms with Gasteiger partial charge in [-0.05, 0) is 109 Å². The van der Waals surface area contributed by atoms with Gasteiger partial charge in [0.2, 0.25) is 0 Å². The Bertz CT molecular complexity index is 3420. The van der Waals surface area contributed by atoms with Crippen molar-refractivity contribution in [3.05, 3.63) is 222 Å². The average molecular weight is 812 g/mol. The Labute approximate surface area is 368 Å². The van der Waals surface area contributed by atoms with Crippen LogP contribution in [0.4, 0.5) is 17.1 Å². The van der Waals surface area contributed by atoms with Crippen LogP contribution in [0, 0.1) is 0 Å². The van der Waals surface area contributed by atoms with Gasteiger partial charge in [-0.2, -0.15) is 0 Å². The van der Waals surface area contributed by atoms with Crippen LogP contribution < -0.4 is 4.90 Å². The molecule has 1 heterocycles. The molecule has 0 radical (unpaired) electrons. The molecule has 0 bridgehead atoms. The predicted molar refractivity (Wildman–Crippen MR) is 265 cm³/mol. The second kappa shape index (κ2) is 13.8. The number of benzene rings is 9. The highest BCUT2D eigenvalue weighted by atomic mass is 32.1. The smallest absolute Gasteiger partial charge is 0.0540 e. The van der Waals surface area contributed by atoms with Gasteiger partial charge in [-0.1, -0.05) is 191 Å². The highest BCUT2D eigenvalue weighted by Crippen LogP contribution is 2.56. The van der Waals surface area contributed by atoms with Crippen molar-refractivity contribution in [2.45, 2.75) is 38.5 Å². The SMILES string of the molecule is CC1(C)c2ccccc2-c2cc(-c3ccccc3-c3ccccc3N(c3ccc(-c4cccc5c4sc4ccccc45)cc3)c3cccc4c3C(C)(C)c3ccccc3-4)ccc21. The first-order valence-electron chi connectivity index (χ1n) is 21.8. The molecule has 0 amide bonds. The Morgan fingerprint density at radius 2 is 0.887 bits per heavy atom. The number of rotatable bonds is 6. The Morgan fingerprint density at radius 3 is 1.68 bits per heavy atom. The Kier molecular flexibility index (Phi) is 8.17. The lowest BCUT2D eigenvalue weighted by Crippen LogP contribution is -2.21. The zero-order chi connectivity index (χ0) is 41.7. The molecule has 0 saturated heterocycles. The molecule has 12 rings (SSSR count). The monoisotopic (exact) mass is 811 g/mol. The number of anilines is 3. The number of para-hydroxylation sites is 1. The van der Waals surface area contributed by atoms with Crippen LogP contribution in [0.2, 0.25) is 0 Å². The van der Waals surface area contributed by atoms with Gasteiger partial charge >= 0.3 is 0 Å². The summed E-state index contributed by atoms with van der Waals surface area (Å²) in [4.78, 5) is 2.53. The third-order valence-electron chi connectivity index (χ3n) is 13.9. The number of thiophene rings is 1. The summed E-state index contributed by atoms with van der Waals surface area (Å²) in [5.41, 5.74) is 21.4. The van der Waals surface area contributed by atoms with Crippen molar-refractivity contribution < 1.29 is 0 Å². The molecule has 0 atom stereocenters. The number of fused-ring (bicyclic) bond motifs is 9. The van der Waals surface area contributed by atoms with E-state index in [1.807, 2.05) is 11.3 Å². The largest absolute Gasteiger partial charge is 0.310 e. The summed E-state index contributed by atoms with van der Waals surface area (Å²) in [5.74, 6) is 0. The minimum atomic E-state index is -0.209. The fraction of sp³-hybridized carbons (Fsp3) is 0.100. The van der Waals surface area contributed by atoms with E-state index in [0.29, 0.717) is 0 Å². The highest BCUT2D eigenvalue weighted by molar-refractivity contribution is 7.26. The molecule has 62 heavy (non-hydrogen) atoms. The van der Waals surface area contributed by atoms with Crippen LogP contribution in [0.25, 0.3) is 75.8 Å². The number of hydrogen-bond donors (Lipinski definition) is 0. The average Bonchev–Trinajstić information content (AvgIpc) is 3.89. The van der Waals surface area contributed by atoms with Gasteiger partial charge in [0.25, 0.3) is 0 Å². The van der Waals surface area contributed by atoms with E-state index in [9.17, 15) is 0 Å². The van der Waals surface area contributed by atoms with Crippen LogP contribution in [0.15, 0.2) is 200 Å². The Hall–Kier alpha value is -7.00. The van der Waals surface area contributed by atoms with Crippen molar-refractivity contribution in [1.82, 2.24) is 0 Å². The van der Waals surface area contributed by atoms with E-state index in [2.05, 4.69) is 233 Å². The standard InChI is InChI=1S/C60H45NS/c1-59(2)51-26-11-8-20-45(51)50-37-39(33-36-53(50)59)41-17-5-6-18-43(41)46-21-9-13-28-54(46)61(55-29-16-24-48-44-19-7-12-27-52(44)60(3,4)57(48)55)40-34-31-38(32-35-40)42-23-15-25-49-47-22-10-14-30-56(47)62-58(42)49/h5-37H,1-4H3. The lowest BCUT2D eigenvalue weighted by atomic mass is 9.81. The third kappa shape index (κ3) is 5.39. The maximum atomic E-state index is 2.53. The van der Waals surface area contributed by atoms with E-state index in [1.54, 1.807) is 0 Å². The summed E-state index contributed by atoms with van der Waals surface area (Å²) < 4.78 is 2.66. The van der Waals surface area contributed by atoms with Crippen LogP contribution in [-0.2, 0) is 10.8 Å². The fourth-order valence-corrected chi connectivity index (χ4v) is 12.2. The Balaban J connectivity index is 1.05. The third-order valence-corrected chi connectivity index (χ3v) is 15.1. The molecule has 2 heteroatoms. The first-order chi connectivity index (χ1) is 30.3. The normalized spacial score (nSPS) is 14.1. The van der Waals surface area contributed by atoms with E-state index in [-0.39, 0.29) is 10.8 Å². The second-order valence-electron chi connectivity index (χ2n) is 18.0. The summed E-state index contributed by atoms with van der Waals surface area (Å²) in [6.07, 6.45) is 0. The van der Waals surface area contributed by atoms with Crippen molar-refractivity contribution in [2.24, 2.45) is 0 Å². The van der Waals surface area contributed by atoms with Crippen molar-refractivity contribution in [2.75, 3.05) is 4.90 Å². The molecule has 1 nitrogen and oxygen atoms in total. The summed E-state index contributed by atoms with van der Waals surface area (Å²) >= 11 is 1.89. The van der Waals surface area contributed by atoms with Crippen molar-refractivity contribution in [3.63, 3.8) is 0 Å². The van der Waals surface area contributed by atoms with E-state index >= 15 is 0 Å². The molecule has 2 aliphatic carbocycles. The van der Waals surface area contributed by atoms with Crippen LogP contribution in [0.5, 0.6) is 0 Å². The van der Waals surface area contributed by atoms with Gasteiger partial charge in [0.1, 0.15) is 0 Å². The van der Waals surface area contributed by atoms with Crippen molar-refractivity contribution in [3.8, 4) is 55.6 Å². The molecule has 0 fully saturated rings. The quantitative estimate of drug-likeness (QED) is 0.162. The van der Waals surface area contributed by atoms with Gasteiger partial charge in [0, 0.05) is 42.3 Å². The molecule has 0 spiro atoms. The lowest BCUT2D eigenvalue weighted by Gasteiger charge is -2.33. The van der Waals surface area contributed by atoms with E-state index in [0.717, 1.165) is 11.4 Å². The summed E-state index contributed by atoms with van der Waals surface area (Å²) in [6.45, 7) is 9.49. The molecule has 296 valence electrons.